The highest BCUT2D eigenvalue weighted by Gasteiger charge is 2.16. The molecule has 0 spiro atoms. The largest absolute Gasteiger partial charge is 0.337 e. The topological polar surface area (TPSA) is 59.2 Å². The van der Waals surface area contributed by atoms with Crippen LogP contribution < -0.4 is 0 Å². The first-order chi connectivity index (χ1) is 14.1. The molecule has 6 heteroatoms. The molecule has 4 aromatic rings. The monoisotopic (exact) mass is 403 g/mol. The maximum Gasteiger partial charge on any atom is 0.254 e. The molecule has 0 aliphatic heterocycles. The molecule has 4 rings (SSSR count). The predicted molar refractivity (Wildman–Crippen MR) is 112 cm³/mol. The van der Waals surface area contributed by atoms with E-state index in [-0.39, 0.29) is 12.5 Å². The Labute approximate surface area is 173 Å². The van der Waals surface area contributed by atoms with Crippen LogP contribution in [-0.4, -0.2) is 28.0 Å². The Morgan fingerprint density at radius 2 is 1.52 bits per heavy atom. The third-order valence-electron chi connectivity index (χ3n) is 4.53. The van der Waals surface area contributed by atoms with Crippen LogP contribution in [0.4, 0.5) is 0 Å². The number of benzene rings is 3. The van der Waals surface area contributed by atoms with Crippen molar-refractivity contribution in [2.75, 3.05) is 7.05 Å². The van der Waals surface area contributed by atoms with Crippen LogP contribution in [0.1, 0.15) is 16.2 Å². The molecule has 1 amide bonds. The molecule has 0 radical (unpaired) electrons. The zero-order chi connectivity index (χ0) is 20.2. The van der Waals surface area contributed by atoms with E-state index in [1.807, 2.05) is 66.7 Å². The Morgan fingerprint density at radius 3 is 2.21 bits per heavy atom. The van der Waals surface area contributed by atoms with E-state index in [0.29, 0.717) is 22.3 Å². The Kier molecular flexibility index (Phi) is 5.40. The van der Waals surface area contributed by atoms with Crippen molar-refractivity contribution in [1.82, 2.24) is 15.0 Å². The van der Waals surface area contributed by atoms with E-state index in [1.54, 1.807) is 24.1 Å². The number of halogens is 1. The molecule has 0 bridgehead atoms. The smallest absolute Gasteiger partial charge is 0.254 e. The van der Waals surface area contributed by atoms with Gasteiger partial charge >= 0.3 is 0 Å². The van der Waals surface area contributed by atoms with Crippen LogP contribution >= 0.6 is 11.6 Å². The van der Waals surface area contributed by atoms with Crippen molar-refractivity contribution >= 4 is 17.5 Å². The Hall–Kier alpha value is -3.44. The van der Waals surface area contributed by atoms with E-state index < -0.39 is 0 Å². The van der Waals surface area contributed by atoms with Gasteiger partial charge in [0.1, 0.15) is 0 Å². The van der Waals surface area contributed by atoms with Crippen LogP contribution in [0.2, 0.25) is 5.02 Å². The summed E-state index contributed by atoms with van der Waals surface area (Å²) >= 11 is 5.90. The summed E-state index contributed by atoms with van der Waals surface area (Å²) in [5.74, 6) is 0.715. The summed E-state index contributed by atoms with van der Waals surface area (Å²) in [4.78, 5) is 18.7. The van der Waals surface area contributed by atoms with E-state index in [9.17, 15) is 4.79 Å². The second-order valence-electron chi connectivity index (χ2n) is 6.62. The first-order valence-corrected chi connectivity index (χ1v) is 9.47. The molecular formula is C23H18ClN3O2. The molecule has 1 aromatic heterocycles. The summed E-state index contributed by atoms with van der Waals surface area (Å²) in [6.45, 7) is 0.222. The van der Waals surface area contributed by atoms with E-state index in [2.05, 4.69) is 10.1 Å². The van der Waals surface area contributed by atoms with Crippen molar-refractivity contribution in [2.24, 2.45) is 0 Å². The summed E-state index contributed by atoms with van der Waals surface area (Å²) in [5.41, 5.74) is 3.58. The highest BCUT2D eigenvalue weighted by molar-refractivity contribution is 6.30. The normalized spacial score (nSPS) is 10.7. The Morgan fingerprint density at radius 1 is 0.897 bits per heavy atom. The van der Waals surface area contributed by atoms with E-state index in [4.69, 9.17) is 16.1 Å². The van der Waals surface area contributed by atoms with Crippen LogP contribution in [0.15, 0.2) is 83.4 Å². The first-order valence-electron chi connectivity index (χ1n) is 9.09. The summed E-state index contributed by atoms with van der Waals surface area (Å²) in [7, 11) is 1.71. The molecule has 0 saturated carbocycles. The van der Waals surface area contributed by atoms with Crippen molar-refractivity contribution in [3.8, 4) is 22.5 Å². The fourth-order valence-corrected chi connectivity index (χ4v) is 3.09. The molecule has 144 valence electrons. The molecule has 0 aliphatic rings. The summed E-state index contributed by atoms with van der Waals surface area (Å²) < 4.78 is 5.29. The predicted octanol–water partition coefficient (Wildman–Crippen LogP) is 5.33. The van der Waals surface area contributed by atoms with Gasteiger partial charge < -0.3 is 9.42 Å². The number of amides is 1. The Bertz CT molecular complexity index is 1110. The van der Waals surface area contributed by atoms with Gasteiger partial charge in [0.25, 0.3) is 5.91 Å². The van der Waals surface area contributed by atoms with E-state index in [1.165, 1.54) is 0 Å². The minimum atomic E-state index is -0.115. The lowest BCUT2D eigenvalue weighted by molar-refractivity contribution is 0.0769. The molecular weight excluding hydrogens is 386 g/mol. The lowest BCUT2D eigenvalue weighted by Crippen LogP contribution is -2.26. The van der Waals surface area contributed by atoms with Crippen LogP contribution in [0.5, 0.6) is 0 Å². The average molecular weight is 404 g/mol. The molecule has 0 fully saturated rings. The fraction of sp³-hybridized carbons (Fsp3) is 0.0870. The van der Waals surface area contributed by atoms with Crippen molar-refractivity contribution < 1.29 is 9.32 Å². The van der Waals surface area contributed by atoms with Gasteiger partial charge in [-0.25, -0.2) is 0 Å². The van der Waals surface area contributed by atoms with Gasteiger partial charge in [-0.05, 0) is 47.5 Å². The van der Waals surface area contributed by atoms with Gasteiger partial charge in [0, 0.05) is 23.2 Å². The van der Waals surface area contributed by atoms with Gasteiger partial charge in [-0.2, -0.15) is 4.98 Å². The maximum atomic E-state index is 12.7. The average Bonchev–Trinajstić information content (AvgIpc) is 3.23. The SMILES string of the molecule is CN(Cc1nc(-c2ccc(Cl)cc2)no1)C(=O)c1ccc(-c2ccccc2)cc1. The van der Waals surface area contributed by atoms with E-state index in [0.717, 1.165) is 16.7 Å². The molecule has 0 aliphatic carbocycles. The minimum Gasteiger partial charge on any atom is -0.337 e. The number of nitrogens with zero attached hydrogens (tertiary/aromatic N) is 3. The minimum absolute atomic E-state index is 0.115. The van der Waals surface area contributed by atoms with Crippen molar-refractivity contribution in [3.63, 3.8) is 0 Å². The number of hydrogen-bond donors (Lipinski definition) is 0. The van der Waals surface area contributed by atoms with Crippen LogP contribution in [-0.2, 0) is 6.54 Å². The van der Waals surface area contributed by atoms with Gasteiger partial charge in [0.15, 0.2) is 0 Å². The molecule has 3 aromatic carbocycles. The fourth-order valence-electron chi connectivity index (χ4n) is 2.97. The molecule has 0 N–H and O–H groups in total. The van der Waals surface area contributed by atoms with Gasteiger partial charge in [0.05, 0.1) is 6.54 Å². The van der Waals surface area contributed by atoms with Crippen LogP contribution in [0.3, 0.4) is 0 Å². The maximum absolute atomic E-state index is 12.7. The second kappa shape index (κ2) is 8.29. The summed E-state index contributed by atoms with van der Waals surface area (Å²) in [6, 6.07) is 24.8. The molecule has 5 nitrogen and oxygen atoms in total. The third-order valence-corrected chi connectivity index (χ3v) is 4.78. The number of rotatable bonds is 5. The van der Waals surface area contributed by atoms with Gasteiger partial charge in [-0.15, -0.1) is 0 Å². The molecule has 0 atom stereocenters. The highest BCUT2D eigenvalue weighted by atomic mass is 35.5. The van der Waals surface area contributed by atoms with Crippen molar-refractivity contribution in [2.45, 2.75) is 6.54 Å². The number of carbonyl (C=O) groups excluding carboxylic acids is 1. The van der Waals surface area contributed by atoms with Gasteiger partial charge in [0.2, 0.25) is 11.7 Å². The molecule has 0 saturated heterocycles. The molecule has 29 heavy (non-hydrogen) atoms. The van der Waals surface area contributed by atoms with Crippen LogP contribution in [0, 0.1) is 0 Å². The molecule has 1 heterocycles. The number of aromatic nitrogens is 2. The highest BCUT2D eigenvalue weighted by Crippen LogP contribution is 2.21. The third kappa shape index (κ3) is 4.36. The summed E-state index contributed by atoms with van der Waals surface area (Å²) in [5, 5.41) is 4.62. The molecule has 0 unspecified atom stereocenters. The Balaban J connectivity index is 1.44. The standard InChI is InChI=1S/C23H18ClN3O2/c1-27(15-21-25-22(26-29-21)18-11-13-20(24)14-12-18)23(28)19-9-7-17(8-10-19)16-5-3-2-4-6-16/h2-14H,15H2,1H3. The van der Waals surface area contributed by atoms with Gasteiger partial charge in [-0.1, -0.05) is 59.2 Å². The van der Waals surface area contributed by atoms with Crippen molar-refractivity contribution in [1.29, 1.82) is 0 Å². The lowest BCUT2D eigenvalue weighted by Gasteiger charge is -2.15. The lowest BCUT2D eigenvalue weighted by atomic mass is 10.0. The van der Waals surface area contributed by atoms with Crippen LogP contribution in [0.25, 0.3) is 22.5 Å². The number of carbonyl (C=O) groups is 1. The number of hydrogen-bond acceptors (Lipinski definition) is 4. The zero-order valence-corrected chi connectivity index (χ0v) is 16.5. The van der Waals surface area contributed by atoms with E-state index >= 15 is 0 Å². The first kappa shape index (κ1) is 18.9. The van der Waals surface area contributed by atoms with Crippen molar-refractivity contribution in [3.05, 3.63) is 95.3 Å². The van der Waals surface area contributed by atoms with Gasteiger partial charge in [-0.3, -0.25) is 4.79 Å². The second-order valence-corrected chi connectivity index (χ2v) is 7.06. The zero-order valence-electron chi connectivity index (χ0n) is 15.7. The summed E-state index contributed by atoms with van der Waals surface area (Å²) in [6.07, 6.45) is 0. The quantitative estimate of drug-likeness (QED) is 0.452.